The zero-order chi connectivity index (χ0) is 13.1. The number of carbonyl (C=O) groups excluding carboxylic acids is 1. The minimum atomic E-state index is -1.65. The molecule has 0 radical (unpaired) electrons. The Kier molecular flexibility index (Phi) is 3.55. The van der Waals surface area contributed by atoms with Crippen molar-refractivity contribution in [3.05, 3.63) is 42.2 Å². The van der Waals surface area contributed by atoms with Crippen LogP contribution in [-0.4, -0.2) is 34.4 Å². The van der Waals surface area contributed by atoms with Gasteiger partial charge in [-0.3, -0.25) is 4.98 Å². The molecule has 2 rings (SSSR count). The van der Waals surface area contributed by atoms with Crippen molar-refractivity contribution in [1.29, 1.82) is 0 Å². The molecule has 18 heavy (non-hydrogen) atoms. The number of nitrogens with zero attached hydrogens (tertiary/aromatic N) is 1. The minimum Gasteiger partial charge on any atom is -0.467 e. The van der Waals surface area contributed by atoms with Gasteiger partial charge in [-0.2, -0.15) is 0 Å². The molecule has 0 bridgehead atoms. The van der Waals surface area contributed by atoms with Gasteiger partial charge in [0.05, 0.1) is 12.8 Å². The fourth-order valence-electron chi connectivity index (χ4n) is 1.78. The predicted octanol–water partition coefficient (Wildman–Crippen LogP) is 0.802. The summed E-state index contributed by atoms with van der Waals surface area (Å²) in [6.07, 6.45) is -1.54. The SMILES string of the molecule is COC(=O)C(O)C(O)c1nccc2ccccc12. The lowest BCUT2D eigenvalue weighted by molar-refractivity contribution is -0.156. The summed E-state index contributed by atoms with van der Waals surface area (Å²) in [6, 6.07) is 9.07. The van der Waals surface area contributed by atoms with Gasteiger partial charge in [0.2, 0.25) is 0 Å². The van der Waals surface area contributed by atoms with Crippen LogP contribution in [0.25, 0.3) is 10.8 Å². The van der Waals surface area contributed by atoms with Crippen LogP contribution in [0.1, 0.15) is 11.8 Å². The number of aromatic nitrogens is 1. The van der Waals surface area contributed by atoms with E-state index in [9.17, 15) is 15.0 Å². The summed E-state index contributed by atoms with van der Waals surface area (Å²) in [6.45, 7) is 0. The molecule has 5 nitrogen and oxygen atoms in total. The number of aliphatic hydroxyl groups excluding tert-OH is 2. The number of carbonyl (C=O) groups is 1. The van der Waals surface area contributed by atoms with E-state index in [1.807, 2.05) is 12.1 Å². The summed E-state index contributed by atoms with van der Waals surface area (Å²) in [5.41, 5.74) is 0.256. The molecular weight excluding hydrogens is 234 g/mol. The van der Waals surface area contributed by atoms with Crippen LogP contribution in [0.4, 0.5) is 0 Å². The second-order valence-electron chi connectivity index (χ2n) is 3.83. The standard InChI is InChI=1S/C13H13NO4/c1-18-13(17)12(16)11(15)10-9-5-3-2-4-8(9)6-7-14-10/h2-7,11-12,15-16H,1H3. The van der Waals surface area contributed by atoms with Gasteiger partial charge in [-0.15, -0.1) is 0 Å². The van der Waals surface area contributed by atoms with Crippen LogP contribution in [-0.2, 0) is 9.53 Å². The van der Waals surface area contributed by atoms with E-state index in [1.165, 1.54) is 6.20 Å². The molecule has 5 heteroatoms. The Balaban J connectivity index is 2.44. The van der Waals surface area contributed by atoms with E-state index in [2.05, 4.69) is 9.72 Å². The first-order valence-corrected chi connectivity index (χ1v) is 5.42. The summed E-state index contributed by atoms with van der Waals surface area (Å²) >= 11 is 0. The zero-order valence-electron chi connectivity index (χ0n) is 9.78. The van der Waals surface area contributed by atoms with Crippen molar-refractivity contribution in [2.45, 2.75) is 12.2 Å². The molecule has 0 amide bonds. The van der Waals surface area contributed by atoms with Crippen molar-refractivity contribution in [2.75, 3.05) is 7.11 Å². The Morgan fingerprint density at radius 1 is 1.28 bits per heavy atom. The number of hydrogen-bond acceptors (Lipinski definition) is 5. The molecule has 2 unspecified atom stereocenters. The zero-order valence-corrected chi connectivity index (χ0v) is 9.78. The minimum absolute atomic E-state index is 0.256. The third kappa shape index (κ3) is 2.18. The summed E-state index contributed by atoms with van der Waals surface area (Å²) in [5.74, 6) is -0.891. The molecule has 0 saturated heterocycles. The molecule has 0 spiro atoms. The maximum atomic E-state index is 11.2. The summed E-state index contributed by atoms with van der Waals surface area (Å²) < 4.78 is 4.39. The van der Waals surface area contributed by atoms with E-state index >= 15 is 0 Å². The summed E-state index contributed by atoms with van der Waals surface area (Å²) in [4.78, 5) is 15.2. The van der Waals surface area contributed by atoms with E-state index in [4.69, 9.17) is 0 Å². The number of benzene rings is 1. The van der Waals surface area contributed by atoms with Crippen LogP contribution in [0.2, 0.25) is 0 Å². The first-order valence-electron chi connectivity index (χ1n) is 5.42. The van der Waals surface area contributed by atoms with Crippen LogP contribution in [0.15, 0.2) is 36.5 Å². The predicted molar refractivity (Wildman–Crippen MR) is 64.7 cm³/mol. The molecular formula is C13H13NO4. The van der Waals surface area contributed by atoms with Gasteiger partial charge in [-0.1, -0.05) is 24.3 Å². The average molecular weight is 247 g/mol. The second kappa shape index (κ2) is 5.12. The lowest BCUT2D eigenvalue weighted by Gasteiger charge is -2.16. The highest BCUT2D eigenvalue weighted by atomic mass is 16.5. The Morgan fingerprint density at radius 2 is 2.00 bits per heavy atom. The Morgan fingerprint density at radius 3 is 2.72 bits per heavy atom. The number of aliphatic hydroxyl groups is 2. The van der Waals surface area contributed by atoms with Gasteiger partial charge < -0.3 is 14.9 Å². The number of rotatable bonds is 3. The third-order valence-electron chi connectivity index (χ3n) is 2.73. The molecule has 0 aliphatic heterocycles. The molecule has 94 valence electrons. The normalized spacial score (nSPS) is 14.2. The summed E-state index contributed by atoms with van der Waals surface area (Å²) in [5, 5.41) is 21.2. The van der Waals surface area contributed by atoms with Crippen LogP contribution in [0.5, 0.6) is 0 Å². The average Bonchev–Trinajstić information content (AvgIpc) is 2.44. The van der Waals surface area contributed by atoms with Gasteiger partial charge in [-0.25, -0.2) is 4.79 Å². The maximum Gasteiger partial charge on any atom is 0.337 e. The van der Waals surface area contributed by atoms with E-state index in [0.717, 1.165) is 12.5 Å². The fourth-order valence-corrected chi connectivity index (χ4v) is 1.78. The molecule has 1 aromatic carbocycles. The van der Waals surface area contributed by atoms with E-state index in [1.54, 1.807) is 18.2 Å². The van der Waals surface area contributed by atoms with Gasteiger partial charge in [0.15, 0.2) is 6.10 Å². The lowest BCUT2D eigenvalue weighted by atomic mass is 10.0. The second-order valence-corrected chi connectivity index (χ2v) is 3.83. The highest BCUT2D eigenvalue weighted by Crippen LogP contribution is 2.24. The number of ether oxygens (including phenoxy) is 1. The van der Waals surface area contributed by atoms with E-state index in [0.29, 0.717) is 5.39 Å². The van der Waals surface area contributed by atoms with Crippen molar-refractivity contribution in [2.24, 2.45) is 0 Å². The highest BCUT2D eigenvalue weighted by Gasteiger charge is 2.28. The third-order valence-corrected chi connectivity index (χ3v) is 2.73. The first-order chi connectivity index (χ1) is 8.65. The Hall–Kier alpha value is -1.98. The molecule has 2 aromatic rings. The van der Waals surface area contributed by atoms with E-state index < -0.39 is 18.2 Å². The van der Waals surface area contributed by atoms with Crippen LogP contribution in [0.3, 0.4) is 0 Å². The number of hydrogen-bond donors (Lipinski definition) is 2. The topological polar surface area (TPSA) is 79.7 Å². The Labute approximate surface area is 104 Å². The molecule has 1 heterocycles. The smallest absolute Gasteiger partial charge is 0.337 e. The van der Waals surface area contributed by atoms with Crippen molar-refractivity contribution in [3.8, 4) is 0 Å². The molecule has 2 atom stereocenters. The van der Waals surface area contributed by atoms with Crippen molar-refractivity contribution in [3.63, 3.8) is 0 Å². The number of methoxy groups -OCH3 is 1. The van der Waals surface area contributed by atoms with Crippen molar-refractivity contribution in [1.82, 2.24) is 4.98 Å². The molecule has 1 aromatic heterocycles. The number of esters is 1. The molecule has 0 aliphatic rings. The van der Waals surface area contributed by atoms with Crippen molar-refractivity contribution < 1.29 is 19.7 Å². The molecule has 2 N–H and O–H groups in total. The largest absolute Gasteiger partial charge is 0.467 e. The fraction of sp³-hybridized carbons (Fsp3) is 0.231. The molecule has 0 aliphatic carbocycles. The van der Waals surface area contributed by atoms with Gasteiger partial charge in [0, 0.05) is 11.6 Å². The van der Waals surface area contributed by atoms with Gasteiger partial charge >= 0.3 is 5.97 Å². The van der Waals surface area contributed by atoms with Gasteiger partial charge in [-0.05, 0) is 11.5 Å². The number of fused-ring (bicyclic) bond motifs is 1. The number of pyridine rings is 1. The van der Waals surface area contributed by atoms with Gasteiger partial charge in [0.25, 0.3) is 0 Å². The lowest BCUT2D eigenvalue weighted by Crippen LogP contribution is -2.29. The van der Waals surface area contributed by atoms with Crippen molar-refractivity contribution >= 4 is 16.7 Å². The monoisotopic (exact) mass is 247 g/mol. The van der Waals surface area contributed by atoms with Crippen LogP contribution in [0, 0.1) is 0 Å². The first kappa shape index (κ1) is 12.5. The molecule has 0 saturated carbocycles. The van der Waals surface area contributed by atoms with Gasteiger partial charge in [0.1, 0.15) is 6.10 Å². The summed E-state index contributed by atoms with van der Waals surface area (Å²) in [7, 11) is 1.15. The Bertz CT molecular complexity index is 564. The quantitative estimate of drug-likeness (QED) is 0.784. The van der Waals surface area contributed by atoms with E-state index in [-0.39, 0.29) is 5.69 Å². The maximum absolute atomic E-state index is 11.2. The molecule has 0 fully saturated rings. The highest BCUT2D eigenvalue weighted by molar-refractivity contribution is 5.85. The van der Waals surface area contributed by atoms with Crippen LogP contribution >= 0.6 is 0 Å². The van der Waals surface area contributed by atoms with Crippen LogP contribution < -0.4 is 0 Å².